The van der Waals surface area contributed by atoms with Gasteiger partial charge in [-0.2, -0.15) is 0 Å². The SMILES string of the molecule is COC(=O)C1=C(C)NC(C)=C(C(=O)OCC(C)(C)CN(C)Cc2ccccc2)C1c1cccc(Cl)c1F. The third kappa shape index (κ3) is 6.79. The van der Waals surface area contributed by atoms with E-state index in [0.29, 0.717) is 17.9 Å². The number of methoxy groups -OCH3 is 1. The fraction of sp³-hybridized carbons (Fsp3) is 0.379. The Hall–Kier alpha value is -3.16. The van der Waals surface area contributed by atoms with E-state index < -0.39 is 23.7 Å². The van der Waals surface area contributed by atoms with Crippen LogP contribution in [0.3, 0.4) is 0 Å². The Morgan fingerprint density at radius 1 is 1.03 bits per heavy atom. The molecule has 1 atom stereocenters. The number of carbonyl (C=O) groups is 2. The Bertz CT molecular complexity index is 1220. The van der Waals surface area contributed by atoms with Crippen molar-refractivity contribution in [3.63, 3.8) is 0 Å². The van der Waals surface area contributed by atoms with Crippen molar-refractivity contribution in [2.45, 2.75) is 40.2 Å². The Balaban J connectivity index is 1.84. The molecule has 0 aliphatic carbocycles. The molecule has 1 N–H and O–H groups in total. The molecule has 0 aromatic heterocycles. The minimum Gasteiger partial charge on any atom is -0.466 e. The molecular formula is C29H34ClFN2O4. The molecule has 2 aromatic carbocycles. The Labute approximate surface area is 223 Å². The van der Waals surface area contributed by atoms with E-state index in [2.05, 4.69) is 22.3 Å². The molecule has 0 amide bonds. The largest absolute Gasteiger partial charge is 0.466 e. The molecule has 0 bridgehead atoms. The zero-order chi connectivity index (χ0) is 27.3. The lowest BCUT2D eigenvalue weighted by atomic mass is 9.80. The highest BCUT2D eigenvalue weighted by atomic mass is 35.5. The predicted molar refractivity (Wildman–Crippen MR) is 142 cm³/mol. The topological polar surface area (TPSA) is 67.9 Å². The summed E-state index contributed by atoms with van der Waals surface area (Å²) in [5, 5.41) is 2.95. The van der Waals surface area contributed by atoms with E-state index in [1.165, 1.54) is 24.8 Å². The Morgan fingerprint density at radius 2 is 1.65 bits per heavy atom. The van der Waals surface area contributed by atoms with Gasteiger partial charge in [0.25, 0.3) is 0 Å². The lowest BCUT2D eigenvalue weighted by Gasteiger charge is -2.33. The average molecular weight is 529 g/mol. The van der Waals surface area contributed by atoms with Gasteiger partial charge in [0.05, 0.1) is 35.8 Å². The van der Waals surface area contributed by atoms with Crippen LogP contribution in [0.1, 0.15) is 44.7 Å². The molecule has 2 aromatic rings. The summed E-state index contributed by atoms with van der Waals surface area (Å²) >= 11 is 6.06. The first kappa shape index (κ1) is 28.4. The van der Waals surface area contributed by atoms with Gasteiger partial charge in [0.1, 0.15) is 5.82 Å². The Morgan fingerprint density at radius 3 is 2.27 bits per heavy atom. The standard InChI is InChI=1S/C29H34ClFN2O4/c1-18-23(27(34)36-6)25(21-13-10-14-22(30)26(21)31)24(19(2)32-18)28(35)37-17-29(3,4)16-33(5)15-20-11-8-7-9-12-20/h7-14,25,32H,15-17H2,1-6H3. The summed E-state index contributed by atoms with van der Waals surface area (Å²) in [5.41, 5.74) is 2.12. The summed E-state index contributed by atoms with van der Waals surface area (Å²) < 4.78 is 26.0. The van der Waals surface area contributed by atoms with Crippen LogP contribution in [-0.4, -0.2) is 44.1 Å². The second-order valence-electron chi connectivity index (χ2n) is 10.2. The molecule has 0 spiro atoms. The molecule has 8 heteroatoms. The number of nitrogens with zero attached hydrogens (tertiary/aromatic N) is 1. The number of esters is 2. The van der Waals surface area contributed by atoms with Crippen molar-refractivity contribution >= 4 is 23.5 Å². The van der Waals surface area contributed by atoms with Crippen LogP contribution in [0.2, 0.25) is 5.02 Å². The first-order chi connectivity index (χ1) is 17.4. The van der Waals surface area contributed by atoms with Gasteiger partial charge >= 0.3 is 11.9 Å². The van der Waals surface area contributed by atoms with Gasteiger partial charge < -0.3 is 19.7 Å². The number of benzene rings is 2. The highest BCUT2D eigenvalue weighted by molar-refractivity contribution is 6.30. The highest BCUT2D eigenvalue weighted by Crippen LogP contribution is 2.41. The zero-order valence-electron chi connectivity index (χ0n) is 22.2. The van der Waals surface area contributed by atoms with Gasteiger partial charge in [-0.05, 0) is 32.5 Å². The molecule has 3 rings (SSSR count). The van der Waals surface area contributed by atoms with Crippen molar-refractivity contribution < 1.29 is 23.5 Å². The van der Waals surface area contributed by atoms with Gasteiger partial charge in [-0.25, -0.2) is 14.0 Å². The summed E-state index contributed by atoms with van der Waals surface area (Å²) in [7, 11) is 3.26. The van der Waals surface area contributed by atoms with Gasteiger partial charge in [-0.15, -0.1) is 0 Å². The summed E-state index contributed by atoms with van der Waals surface area (Å²) in [6.07, 6.45) is 0. The second kappa shape index (κ2) is 11.9. The van der Waals surface area contributed by atoms with Gasteiger partial charge in [-0.3, -0.25) is 0 Å². The molecular weight excluding hydrogens is 495 g/mol. The maximum atomic E-state index is 15.2. The van der Waals surface area contributed by atoms with Crippen molar-refractivity contribution in [3.05, 3.63) is 93.0 Å². The van der Waals surface area contributed by atoms with Gasteiger partial charge in [0.2, 0.25) is 0 Å². The molecule has 1 heterocycles. The van der Waals surface area contributed by atoms with E-state index in [9.17, 15) is 9.59 Å². The number of hydrogen-bond donors (Lipinski definition) is 1. The van der Waals surface area contributed by atoms with Crippen molar-refractivity contribution in [3.8, 4) is 0 Å². The highest BCUT2D eigenvalue weighted by Gasteiger charge is 2.40. The summed E-state index contributed by atoms with van der Waals surface area (Å²) in [5.74, 6) is -3.05. The number of carbonyl (C=O) groups excluding carboxylic acids is 2. The van der Waals surface area contributed by atoms with E-state index in [-0.39, 0.29) is 33.8 Å². The van der Waals surface area contributed by atoms with Crippen LogP contribution in [-0.2, 0) is 25.6 Å². The number of rotatable bonds is 9. The third-order valence-corrected chi connectivity index (χ3v) is 6.56. The van der Waals surface area contributed by atoms with Gasteiger partial charge in [0.15, 0.2) is 0 Å². The minimum absolute atomic E-state index is 0.0990. The number of hydrogen-bond acceptors (Lipinski definition) is 6. The van der Waals surface area contributed by atoms with E-state index in [0.717, 1.165) is 6.54 Å². The van der Waals surface area contributed by atoms with Crippen LogP contribution in [0.25, 0.3) is 0 Å². The molecule has 0 saturated heterocycles. The fourth-order valence-corrected chi connectivity index (χ4v) is 4.95. The van der Waals surface area contributed by atoms with Crippen molar-refractivity contribution in [2.24, 2.45) is 5.41 Å². The number of dihydropyridines is 1. The van der Waals surface area contributed by atoms with Crippen LogP contribution in [0.15, 0.2) is 71.1 Å². The van der Waals surface area contributed by atoms with Gasteiger partial charge in [0, 0.05) is 35.5 Å². The number of nitrogens with one attached hydrogen (secondary N) is 1. The number of halogens is 2. The molecule has 0 radical (unpaired) electrons. The molecule has 37 heavy (non-hydrogen) atoms. The predicted octanol–water partition coefficient (Wildman–Crippen LogP) is 5.59. The van der Waals surface area contributed by atoms with Crippen LogP contribution in [0.4, 0.5) is 4.39 Å². The molecule has 198 valence electrons. The number of allylic oxidation sites excluding steroid dienone is 2. The normalized spacial score (nSPS) is 16.1. The Kier molecular flexibility index (Phi) is 9.16. The second-order valence-corrected chi connectivity index (χ2v) is 10.6. The molecule has 0 fully saturated rings. The third-order valence-electron chi connectivity index (χ3n) is 6.27. The number of ether oxygens (including phenoxy) is 2. The molecule has 1 aliphatic rings. The molecule has 6 nitrogen and oxygen atoms in total. The van der Waals surface area contributed by atoms with Crippen molar-refractivity contribution in [2.75, 3.05) is 27.3 Å². The van der Waals surface area contributed by atoms with Crippen molar-refractivity contribution in [1.29, 1.82) is 0 Å². The smallest absolute Gasteiger partial charge is 0.336 e. The summed E-state index contributed by atoms with van der Waals surface area (Å²) in [4.78, 5) is 28.4. The molecule has 0 saturated carbocycles. The van der Waals surface area contributed by atoms with Crippen molar-refractivity contribution in [1.82, 2.24) is 10.2 Å². The fourth-order valence-electron chi connectivity index (χ4n) is 4.77. The van der Waals surface area contributed by atoms with Gasteiger partial charge in [-0.1, -0.05) is 67.9 Å². The van der Waals surface area contributed by atoms with E-state index in [1.54, 1.807) is 19.9 Å². The maximum Gasteiger partial charge on any atom is 0.336 e. The lowest BCUT2D eigenvalue weighted by Crippen LogP contribution is -2.37. The molecule has 1 aliphatic heterocycles. The summed E-state index contributed by atoms with van der Waals surface area (Å²) in [6, 6.07) is 14.6. The van der Waals surface area contributed by atoms with E-state index in [1.807, 2.05) is 39.1 Å². The van der Waals surface area contributed by atoms with Crippen LogP contribution < -0.4 is 5.32 Å². The minimum atomic E-state index is -1.04. The maximum absolute atomic E-state index is 15.2. The first-order valence-electron chi connectivity index (χ1n) is 12.1. The molecule has 1 unspecified atom stereocenters. The quantitative estimate of drug-likeness (QED) is 0.428. The van der Waals surface area contributed by atoms with Crippen LogP contribution in [0.5, 0.6) is 0 Å². The first-order valence-corrected chi connectivity index (χ1v) is 12.4. The van der Waals surface area contributed by atoms with Crippen LogP contribution in [0, 0.1) is 11.2 Å². The summed E-state index contributed by atoms with van der Waals surface area (Å²) in [6.45, 7) is 8.96. The monoisotopic (exact) mass is 528 g/mol. The average Bonchev–Trinajstić information content (AvgIpc) is 2.83. The van der Waals surface area contributed by atoms with Crippen LogP contribution >= 0.6 is 11.6 Å². The zero-order valence-corrected chi connectivity index (χ0v) is 22.9. The van der Waals surface area contributed by atoms with E-state index >= 15 is 4.39 Å². The van der Waals surface area contributed by atoms with E-state index in [4.69, 9.17) is 21.1 Å². The lowest BCUT2D eigenvalue weighted by molar-refractivity contribution is -0.142.